The van der Waals surface area contributed by atoms with E-state index in [1.807, 2.05) is 36.4 Å². The van der Waals surface area contributed by atoms with E-state index in [9.17, 15) is 0 Å². The first-order valence-electron chi connectivity index (χ1n) is 5.62. The lowest BCUT2D eigenvalue weighted by Gasteiger charge is -2.01. The van der Waals surface area contributed by atoms with Crippen LogP contribution in [0.2, 0.25) is 0 Å². The quantitative estimate of drug-likeness (QED) is 0.738. The number of nitrogens with zero attached hydrogens (tertiary/aromatic N) is 4. The van der Waals surface area contributed by atoms with Crippen molar-refractivity contribution in [2.45, 2.75) is 0 Å². The molecule has 2 aromatic heterocycles. The minimum Gasteiger partial charge on any atom is -0.399 e. The molecule has 3 rings (SSSR count). The Morgan fingerprint density at radius 1 is 1.05 bits per heavy atom. The molecule has 0 aliphatic carbocycles. The van der Waals surface area contributed by atoms with Crippen molar-refractivity contribution < 1.29 is 0 Å². The first kappa shape index (κ1) is 11.9. The van der Waals surface area contributed by atoms with E-state index in [0.29, 0.717) is 11.6 Å². The summed E-state index contributed by atoms with van der Waals surface area (Å²) in [5, 5.41) is 4.41. The highest BCUT2D eigenvalue weighted by Gasteiger charge is 2.08. The van der Waals surface area contributed by atoms with Gasteiger partial charge in [0.1, 0.15) is 6.33 Å². The summed E-state index contributed by atoms with van der Waals surface area (Å²) in [4.78, 5) is 8.55. The molecule has 0 saturated carbocycles. The van der Waals surface area contributed by atoms with Crippen LogP contribution < -0.4 is 5.73 Å². The predicted octanol–water partition coefficient (Wildman–Crippen LogP) is 2.67. The molecule has 0 aliphatic heterocycles. The molecule has 94 valence electrons. The molecule has 2 N–H and O–H groups in total. The van der Waals surface area contributed by atoms with Gasteiger partial charge in [0.25, 0.3) is 0 Å². The number of pyridine rings is 1. The molecule has 0 unspecified atom stereocenters. The zero-order chi connectivity index (χ0) is 13.2. The standard InChI is InChI=1S/C13H10BrN5/c14-11-2-1-7-16-13(11)19-8-17-12(18-19)9-3-5-10(15)6-4-9/h1-8H,15H2. The van der Waals surface area contributed by atoms with Gasteiger partial charge in [-0.1, -0.05) is 0 Å². The maximum atomic E-state index is 5.66. The van der Waals surface area contributed by atoms with Gasteiger partial charge in [-0.25, -0.2) is 14.6 Å². The Hall–Kier alpha value is -2.21. The van der Waals surface area contributed by atoms with Gasteiger partial charge < -0.3 is 5.73 Å². The van der Waals surface area contributed by atoms with Crippen LogP contribution in [0.5, 0.6) is 0 Å². The SMILES string of the molecule is Nc1ccc(-c2ncn(-c3ncccc3Br)n2)cc1. The van der Waals surface area contributed by atoms with E-state index in [-0.39, 0.29) is 0 Å². The fourth-order valence-electron chi connectivity index (χ4n) is 1.68. The fraction of sp³-hybridized carbons (Fsp3) is 0. The van der Waals surface area contributed by atoms with Gasteiger partial charge in [-0.3, -0.25) is 0 Å². The van der Waals surface area contributed by atoms with E-state index < -0.39 is 0 Å². The van der Waals surface area contributed by atoms with E-state index >= 15 is 0 Å². The maximum Gasteiger partial charge on any atom is 0.181 e. The van der Waals surface area contributed by atoms with Gasteiger partial charge in [0, 0.05) is 17.4 Å². The summed E-state index contributed by atoms with van der Waals surface area (Å²) in [6.45, 7) is 0. The van der Waals surface area contributed by atoms with Crippen molar-refractivity contribution in [3.05, 3.63) is 53.4 Å². The second kappa shape index (κ2) is 4.81. The van der Waals surface area contributed by atoms with Crippen LogP contribution in [0.3, 0.4) is 0 Å². The summed E-state index contributed by atoms with van der Waals surface area (Å²) in [5.41, 5.74) is 7.29. The van der Waals surface area contributed by atoms with Crippen molar-refractivity contribution in [3.8, 4) is 17.2 Å². The molecule has 0 saturated heterocycles. The van der Waals surface area contributed by atoms with Crippen LogP contribution in [-0.2, 0) is 0 Å². The number of nitrogens with two attached hydrogens (primary N) is 1. The minimum absolute atomic E-state index is 0.637. The fourth-order valence-corrected chi connectivity index (χ4v) is 2.11. The normalized spacial score (nSPS) is 10.6. The van der Waals surface area contributed by atoms with Crippen LogP contribution >= 0.6 is 15.9 Å². The Bertz CT molecular complexity index is 705. The molecule has 2 heterocycles. The van der Waals surface area contributed by atoms with Crippen LogP contribution in [0.15, 0.2) is 53.4 Å². The van der Waals surface area contributed by atoms with E-state index in [1.54, 1.807) is 17.2 Å². The molecule has 19 heavy (non-hydrogen) atoms. The lowest BCUT2D eigenvalue weighted by Crippen LogP contribution is -1.99. The average molecular weight is 316 g/mol. The Morgan fingerprint density at radius 3 is 2.58 bits per heavy atom. The van der Waals surface area contributed by atoms with Gasteiger partial charge in [0.2, 0.25) is 0 Å². The van der Waals surface area contributed by atoms with Crippen molar-refractivity contribution in [1.29, 1.82) is 0 Å². The molecule has 0 fully saturated rings. The number of hydrogen-bond acceptors (Lipinski definition) is 4. The largest absolute Gasteiger partial charge is 0.399 e. The lowest BCUT2D eigenvalue weighted by molar-refractivity contribution is 0.843. The van der Waals surface area contributed by atoms with Crippen molar-refractivity contribution >= 4 is 21.6 Å². The molecule has 1 aromatic carbocycles. The molecule has 0 aliphatic rings. The zero-order valence-corrected chi connectivity index (χ0v) is 11.4. The number of benzene rings is 1. The summed E-state index contributed by atoms with van der Waals surface area (Å²) in [5.74, 6) is 1.34. The van der Waals surface area contributed by atoms with E-state index in [0.717, 1.165) is 15.7 Å². The van der Waals surface area contributed by atoms with Crippen molar-refractivity contribution in [2.24, 2.45) is 0 Å². The molecule has 3 aromatic rings. The van der Waals surface area contributed by atoms with E-state index in [1.165, 1.54) is 0 Å². The van der Waals surface area contributed by atoms with Crippen LogP contribution in [0.25, 0.3) is 17.2 Å². The maximum absolute atomic E-state index is 5.66. The van der Waals surface area contributed by atoms with E-state index in [2.05, 4.69) is 31.0 Å². The average Bonchev–Trinajstić information content (AvgIpc) is 2.89. The second-order valence-corrected chi connectivity index (χ2v) is 4.80. The minimum atomic E-state index is 0.637. The third-order valence-electron chi connectivity index (χ3n) is 2.62. The van der Waals surface area contributed by atoms with Crippen molar-refractivity contribution in [3.63, 3.8) is 0 Å². The van der Waals surface area contributed by atoms with Crippen LogP contribution in [-0.4, -0.2) is 19.7 Å². The third-order valence-corrected chi connectivity index (χ3v) is 3.24. The molecule has 0 radical (unpaired) electrons. The summed E-state index contributed by atoms with van der Waals surface area (Å²) in [6.07, 6.45) is 3.35. The highest BCUT2D eigenvalue weighted by atomic mass is 79.9. The number of rotatable bonds is 2. The molecule has 6 heteroatoms. The van der Waals surface area contributed by atoms with Gasteiger partial charge in [0.05, 0.1) is 4.47 Å². The summed E-state index contributed by atoms with van der Waals surface area (Å²) in [6, 6.07) is 11.2. The monoisotopic (exact) mass is 315 g/mol. The summed E-state index contributed by atoms with van der Waals surface area (Å²) < 4.78 is 2.50. The summed E-state index contributed by atoms with van der Waals surface area (Å²) in [7, 11) is 0. The van der Waals surface area contributed by atoms with Gasteiger partial charge in [-0.05, 0) is 52.3 Å². The number of nitrogen functional groups attached to an aromatic ring is 1. The summed E-state index contributed by atoms with van der Waals surface area (Å²) >= 11 is 3.44. The molecule has 0 atom stereocenters. The Balaban J connectivity index is 2.00. The molecule has 0 amide bonds. The first-order valence-corrected chi connectivity index (χ1v) is 6.42. The van der Waals surface area contributed by atoms with Crippen molar-refractivity contribution in [1.82, 2.24) is 19.7 Å². The van der Waals surface area contributed by atoms with Gasteiger partial charge >= 0.3 is 0 Å². The van der Waals surface area contributed by atoms with Gasteiger partial charge in [0.15, 0.2) is 11.6 Å². The number of anilines is 1. The smallest absolute Gasteiger partial charge is 0.181 e. The second-order valence-electron chi connectivity index (χ2n) is 3.94. The molecular formula is C13H10BrN5. The molecule has 0 bridgehead atoms. The highest BCUT2D eigenvalue weighted by molar-refractivity contribution is 9.10. The van der Waals surface area contributed by atoms with Gasteiger partial charge in [-0.15, -0.1) is 5.10 Å². The predicted molar refractivity (Wildman–Crippen MR) is 76.7 cm³/mol. The number of halogens is 1. The third kappa shape index (κ3) is 2.34. The number of hydrogen-bond donors (Lipinski definition) is 1. The van der Waals surface area contributed by atoms with Crippen LogP contribution in [0.4, 0.5) is 5.69 Å². The first-order chi connectivity index (χ1) is 9.24. The Labute approximate surface area is 118 Å². The molecular weight excluding hydrogens is 306 g/mol. The van der Waals surface area contributed by atoms with E-state index in [4.69, 9.17) is 5.73 Å². The Morgan fingerprint density at radius 2 is 1.84 bits per heavy atom. The van der Waals surface area contributed by atoms with Crippen molar-refractivity contribution in [2.75, 3.05) is 5.73 Å². The van der Waals surface area contributed by atoms with Crippen LogP contribution in [0.1, 0.15) is 0 Å². The highest BCUT2D eigenvalue weighted by Crippen LogP contribution is 2.20. The topological polar surface area (TPSA) is 69.6 Å². The lowest BCUT2D eigenvalue weighted by atomic mass is 10.2. The Kier molecular flexibility index (Phi) is 3.00. The molecule has 0 spiro atoms. The van der Waals surface area contributed by atoms with Crippen LogP contribution in [0, 0.1) is 0 Å². The zero-order valence-electron chi connectivity index (χ0n) is 9.86. The van der Waals surface area contributed by atoms with Gasteiger partial charge in [-0.2, -0.15) is 0 Å². The molecule has 5 nitrogen and oxygen atoms in total. The number of aromatic nitrogens is 4.